The molecule has 10 nitrogen and oxygen atoms in total. The summed E-state index contributed by atoms with van der Waals surface area (Å²) in [7, 11) is 0. The summed E-state index contributed by atoms with van der Waals surface area (Å²) < 4.78 is 17.9. The highest BCUT2D eigenvalue weighted by Crippen LogP contribution is 2.25. The Kier molecular flexibility index (Phi) is 10.7. The normalized spacial score (nSPS) is 25.7. The van der Waals surface area contributed by atoms with Crippen molar-refractivity contribution in [3.63, 3.8) is 0 Å². The monoisotopic (exact) mass is 607 g/mol. The van der Waals surface area contributed by atoms with Crippen LogP contribution in [0.2, 0.25) is 0 Å². The number of fused-ring (bicyclic) bond motifs is 1. The lowest BCUT2D eigenvalue weighted by atomic mass is 9.92. The highest BCUT2D eigenvalue weighted by molar-refractivity contribution is 5.94. The minimum Gasteiger partial charge on any atom is -0.491 e. The van der Waals surface area contributed by atoms with Gasteiger partial charge in [-0.05, 0) is 106 Å². The van der Waals surface area contributed by atoms with E-state index in [9.17, 15) is 9.90 Å². The van der Waals surface area contributed by atoms with Crippen LogP contribution in [0.4, 0.5) is 0 Å². The molecule has 0 bridgehead atoms. The maximum atomic E-state index is 12.8. The first-order valence-electron chi connectivity index (χ1n) is 16.5. The Hall–Kier alpha value is -2.73. The van der Waals surface area contributed by atoms with Crippen molar-refractivity contribution in [1.82, 2.24) is 26.2 Å². The fraction of sp³-hybridized carbons (Fsp3) is 0.618. The smallest absolute Gasteiger partial charge is 0.251 e. The van der Waals surface area contributed by atoms with Crippen LogP contribution in [0.1, 0.15) is 54.1 Å². The average Bonchev–Trinajstić information content (AvgIpc) is 3.48. The third kappa shape index (κ3) is 8.29. The lowest BCUT2D eigenvalue weighted by Gasteiger charge is -2.35. The maximum absolute atomic E-state index is 12.8. The summed E-state index contributed by atoms with van der Waals surface area (Å²) in [6.07, 6.45) is 4.88. The van der Waals surface area contributed by atoms with Crippen molar-refractivity contribution in [2.24, 2.45) is 5.92 Å². The number of likely N-dealkylation sites (tertiary alicyclic amines) is 1. The molecule has 10 heteroatoms. The van der Waals surface area contributed by atoms with Gasteiger partial charge in [0.15, 0.2) is 0 Å². The lowest BCUT2D eigenvalue weighted by Crippen LogP contribution is -2.49. The van der Waals surface area contributed by atoms with E-state index in [0.717, 1.165) is 56.4 Å². The molecule has 240 valence electrons. The number of ether oxygens (including phenoxy) is 3. The third-order valence-electron chi connectivity index (χ3n) is 9.71. The molecular formula is C34H49N5O5. The van der Waals surface area contributed by atoms with E-state index in [4.69, 9.17) is 14.2 Å². The van der Waals surface area contributed by atoms with Gasteiger partial charge in [-0.3, -0.25) is 10.1 Å². The molecule has 1 amide bonds. The Balaban J connectivity index is 0.904. The fourth-order valence-corrected chi connectivity index (χ4v) is 6.77. The summed E-state index contributed by atoms with van der Waals surface area (Å²) in [6, 6.07) is 13.6. The van der Waals surface area contributed by atoms with Crippen molar-refractivity contribution in [1.29, 1.82) is 0 Å². The number of nitrogens with one attached hydrogen (secondary N) is 4. The van der Waals surface area contributed by atoms with Crippen molar-refractivity contribution < 1.29 is 24.1 Å². The Morgan fingerprint density at radius 1 is 1.05 bits per heavy atom. The van der Waals surface area contributed by atoms with Gasteiger partial charge in [0.2, 0.25) is 0 Å². The first-order chi connectivity index (χ1) is 21.5. The minimum absolute atomic E-state index is 0.0485. The van der Waals surface area contributed by atoms with E-state index in [0.29, 0.717) is 31.9 Å². The summed E-state index contributed by atoms with van der Waals surface area (Å²) in [4.78, 5) is 15.4. The van der Waals surface area contributed by atoms with Gasteiger partial charge in [0.05, 0.1) is 12.8 Å². The molecule has 44 heavy (non-hydrogen) atoms. The predicted octanol–water partition coefficient (Wildman–Crippen LogP) is 2.05. The quantitative estimate of drug-likeness (QED) is 0.262. The van der Waals surface area contributed by atoms with Gasteiger partial charge in [-0.1, -0.05) is 6.07 Å². The standard InChI is InChI=1S/C34H49N5O5/c1-23-33(43-22-38-23)21-42-30-7-4-26-17-31(36-18-27(26)16-30)32(40)19-37-34(41)25-2-5-28(6-3-25)44-29-10-14-39(15-11-29)20-24-8-12-35-13-9-24/h2-7,16,23-24,29,31-33,35-36,38,40H,8-15,17-22H2,1H3,(H,37,41)/t23?,31-,32+,33?/m0/s1. The first kappa shape index (κ1) is 31.3. The molecule has 0 aliphatic carbocycles. The predicted molar refractivity (Wildman–Crippen MR) is 169 cm³/mol. The second-order valence-corrected chi connectivity index (χ2v) is 12.9. The van der Waals surface area contributed by atoms with Gasteiger partial charge >= 0.3 is 0 Å². The van der Waals surface area contributed by atoms with E-state index in [1.807, 2.05) is 18.2 Å². The number of hydrogen-bond donors (Lipinski definition) is 5. The summed E-state index contributed by atoms with van der Waals surface area (Å²) in [5.74, 6) is 2.25. The Labute approximate surface area is 261 Å². The van der Waals surface area contributed by atoms with Crippen LogP contribution in [0.15, 0.2) is 42.5 Å². The zero-order chi connectivity index (χ0) is 30.3. The summed E-state index contributed by atoms with van der Waals surface area (Å²) in [6.45, 7) is 9.66. The van der Waals surface area contributed by atoms with E-state index < -0.39 is 6.10 Å². The number of rotatable bonds is 11. The van der Waals surface area contributed by atoms with Crippen LogP contribution in [0.25, 0.3) is 0 Å². The number of carbonyl (C=O) groups is 1. The highest BCUT2D eigenvalue weighted by atomic mass is 16.5. The van der Waals surface area contributed by atoms with Crippen LogP contribution in [-0.4, -0.2) is 98.9 Å². The van der Waals surface area contributed by atoms with Crippen molar-refractivity contribution in [3.05, 3.63) is 59.2 Å². The van der Waals surface area contributed by atoms with E-state index in [1.54, 1.807) is 12.1 Å². The molecule has 4 atom stereocenters. The molecule has 0 saturated carbocycles. The van der Waals surface area contributed by atoms with Crippen molar-refractivity contribution >= 4 is 5.91 Å². The first-order valence-corrected chi connectivity index (χ1v) is 16.5. The Bertz CT molecular complexity index is 1220. The summed E-state index contributed by atoms with van der Waals surface area (Å²) in [5.41, 5.74) is 2.91. The molecule has 2 aromatic rings. The van der Waals surface area contributed by atoms with Gasteiger partial charge in [-0.25, -0.2) is 0 Å². The molecule has 5 N–H and O–H groups in total. The van der Waals surface area contributed by atoms with Crippen LogP contribution in [0, 0.1) is 5.92 Å². The fourth-order valence-electron chi connectivity index (χ4n) is 6.77. The Morgan fingerprint density at radius 3 is 2.57 bits per heavy atom. The minimum atomic E-state index is -0.709. The largest absolute Gasteiger partial charge is 0.491 e. The van der Waals surface area contributed by atoms with Gasteiger partial charge in [-0.15, -0.1) is 0 Å². The van der Waals surface area contributed by atoms with Gasteiger partial charge in [-0.2, -0.15) is 0 Å². The molecular weight excluding hydrogens is 558 g/mol. The number of aliphatic hydroxyl groups excluding tert-OH is 1. The number of carbonyl (C=O) groups excluding carboxylic acids is 1. The number of amides is 1. The SMILES string of the molecule is CC1NCOC1COc1ccc2c(c1)CN[C@H]([C@H](O)CNC(=O)c1ccc(OC3CCN(CC4CCNCC4)CC3)cc1)C2. The number of benzene rings is 2. The molecule has 6 rings (SSSR count). The second-order valence-electron chi connectivity index (χ2n) is 12.9. The number of hydrogen-bond acceptors (Lipinski definition) is 9. The van der Waals surface area contributed by atoms with Crippen LogP contribution < -0.4 is 30.7 Å². The molecule has 4 aliphatic heterocycles. The number of nitrogens with zero attached hydrogens (tertiary/aromatic N) is 1. The molecule has 0 radical (unpaired) electrons. The molecule has 4 aliphatic rings. The van der Waals surface area contributed by atoms with E-state index in [2.05, 4.69) is 45.2 Å². The van der Waals surface area contributed by atoms with Crippen LogP contribution in [-0.2, 0) is 17.7 Å². The molecule has 0 spiro atoms. The topological polar surface area (TPSA) is 116 Å². The zero-order valence-corrected chi connectivity index (χ0v) is 25.9. The van der Waals surface area contributed by atoms with E-state index in [1.165, 1.54) is 30.5 Å². The third-order valence-corrected chi connectivity index (χ3v) is 9.71. The number of piperidine rings is 2. The maximum Gasteiger partial charge on any atom is 0.251 e. The van der Waals surface area contributed by atoms with Crippen LogP contribution >= 0.6 is 0 Å². The molecule has 2 unspecified atom stereocenters. The molecule has 3 saturated heterocycles. The molecule has 3 fully saturated rings. The van der Waals surface area contributed by atoms with Gasteiger partial charge in [0, 0.05) is 50.4 Å². The van der Waals surface area contributed by atoms with Crippen molar-refractivity contribution in [2.75, 3.05) is 52.6 Å². The van der Waals surface area contributed by atoms with E-state index in [-0.39, 0.29) is 36.7 Å². The molecule has 2 aromatic carbocycles. The summed E-state index contributed by atoms with van der Waals surface area (Å²) >= 11 is 0. The Morgan fingerprint density at radius 2 is 1.82 bits per heavy atom. The highest BCUT2D eigenvalue weighted by Gasteiger charge is 2.27. The van der Waals surface area contributed by atoms with Crippen LogP contribution in [0.3, 0.4) is 0 Å². The van der Waals surface area contributed by atoms with E-state index >= 15 is 0 Å². The molecule has 4 heterocycles. The lowest BCUT2D eigenvalue weighted by molar-refractivity contribution is 0.0623. The second kappa shape index (κ2) is 15.0. The number of aliphatic hydroxyl groups is 1. The zero-order valence-electron chi connectivity index (χ0n) is 25.9. The van der Waals surface area contributed by atoms with Gasteiger partial charge < -0.3 is 40.2 Å². The van der Waals surface area contributed by atoms with Crippen molar-refractivity contribution in [3.8, 4) is 11.5 Å². The van der Waals surface area contributed by atoms with Gasteiger partial charge in [0.1, 0.15) is 30.3 Å². The molecule has 0 aromatic heterocycles. The summed E-state index contributed by atoms with van der Waals surface area (Å²) in [5, 5.41) is 23.9. The van der Waals surface area contributed by atoms with Crippen molar-refractivity contribution in [2.45, 2.75) is 76.0 Å². The van der Waals surface area contributed by atoms with Gasteiger partial charge in [0.25, 0.3) is 5.91 Å². The van der Waals surface area contributed by atoms with Crippen LogP contribution in [0.5, 0.6) is 11.5 Å². The average molecular weight is 608 g/mol.